The highest BCUT2D eigenvalue weighted by Gasteiger charge is 2.44. The third-order valence-electron chi connectivity index (χ3n) is 5.24. The van der Waals surface area contributed by atoms with Crippen molar-refractivity contribution in [1.82, 2.24) is 8.61 Å². The molecule has 0 saturated carbocycles. The van der Waals surface area contributed by atoms with E-state index < -0.39 is 48.6 Å². The van der Waals surface area contributed by atoms with Gasteiger partial charge in [-0.3, -0.25) is 4.79 Å². The fraction of sp³-hybridized carbons (Fsp3) is 0.350. The minimum Gasteiger partial charge on any atom is -0.325 e. The standard InChI is InChI=1S/C20H21ClF3N3O5S2/c1-26(2)33(29,30)18-12-13(9-10-15(18)21)25-19(28)16-7-5-11-27(16)34(31,32)17-8-4-3-6-14(17)20(22,23)24/h3-4,6,8-10,12,16H,5,7,11H2,1-2H3,(H,25,28)/t16-/m1/s1. The molecule has 2 aromatic rings. The lowest BCUT2D eigenvalue weighted by Crippen LogP contribution is -2.43. The van der Waals surface area contributed by atoms with Crippen LogP contribution in [0.4, 0.5) is 18.9 Å². The summed E-state index contributed by atoms with van der Waals surface area (Å²) in [6.07, 6.45) is -4.57. The van der Waals surface area contributed by atoms with Gasteiger partial charge in [-0.05, 0) is 43.2 Å². The summed E-state index contributed by atoms with van der Waals surface area (Å²) in [6, 6.07) is 6.21. The summed E-state index contributed by atoms with van der Waals surface area (Å²) in [5.74, 6) is -0.805. The Bertz CT molecular complexity index is 1310. The summed E-state index contributed by atoms with van der Waals surface area (Å²) >= 11 is 5.99. The van der Waals surface area contributed by atoms with Gasteiger partial charge in [-0.15, -0.1) is 0 Å². The molecule has 0 unspecified atom stereocenters. The number of nitrogens with zero attached hydrogens (tertiary/aromatic N) is 2. The Balaban J connectivity index is 1.92. The van der Waals surface area contributed by atoms with Crippen LogP contribution < -0.4 is 5.32 Å². The molecule has 0 spiro atoms. The van der Waals surface area contributed by atoms with Crippen LogP contribution in [0.3, 0.4) is 0 Å². The first-order valence-electron chi connectivity index (χ1n) is 9.88. The molecular formula is C20H21ClF3N3O5S2. The van der Waals surface area contributed by atoms with E-state index in [1.54, 1.807) is 0 Å². The van der Waals surface area contributed by atoms with Crippen molar-refractivity contribution in [2.75, 3.05) is 26.0 Å². The smallest absolute Gasteiger partial charge is 0.325 e. The summed E-state index contributed by atoms with van der Waals surface area (Å²) in [7, 11) is -5.99. The molecule has 1 atom stereocenters. The quantitative estimate of drug-likeness (QED) is 0.606. The second kappa shape index (κ2) is 9.46. The van der Waals surface area contributed by atoms with Crippen molar-refractivity contribution < 1.29 is 34.8 Å². The minimum atomic E-state index is -4.90. The maximum absolute atomic E-state index is 13.4. The second-order valence-corrected chi connectivity index (χ2v) is 12.1. The Morgan fingerprint density at radius 1 is 1.09 bits per heavy atom. The largest absolute Gasteiger partial charge is 0.417 e. The van der Waals surface area contributed by atoms with Gasteiger partial charge in [0, 0.05) is 26.3 Å². The molecule has 0 aromatic heterocycles. The number of halogens is 4. The maximum Gasteiger partial charge on any atom is 0.417 e. The SMILES string of the molecule is CN(C)S(=O)(=O)c1cc(NC(=O)[C@H]2CCCN2S(=O)(=O)c2ccccc2C(F)(F)F)ccc1Cl. The van der Waals surface area contributed by atoms with E-state index in [4.69, 9.17) is 11.6 Å². The first-order chi connectivity index (χ1) is 15.7. The van der Waals surface area contributed by atoms with E-state index in [1.807, 2.05) is 0 Å². The van der Waals surface area contributed by atoms with E-state index in [9.17, 15) is 34.8 Å². The average Bonchev–Trinajstić information content (AvgIpc) is 3.25. The van der Waals surface area contributed by atoms with E-state index in [-0.39, 0.29) is 35.0 Å². The predicted molar refractivity (Wildman–Crippen MR) is 119 cm³/mol. The summed E-state index contributed by atoms with van der Waals surface area (Å²) in [5, 5.41) is 2.37. The summed E-state index contributed by atoms with van der Waals surface area (Å²) in [4.78, 5) is 11.7. The molecule has 1 aliphatic rings. The number of anilines is 1. The molecular weight excluding hydrogens is 519 g/mol. The molecule has 1 aliphatic heterocycles. The third-order valence-corrected chi connectivity index (χ3v) is 9.51. The fourth-order valence-corrected chi connectivity index (χ4v) is 6.81. The lowest BCUT2D eigenvalue weighted by Gasteiger charge is -2.25. The summed E-state index contributed by atoms with van der Waals surface area (Å²) in [6.45, 7) is -0.145. The van der Waals surface area contributed by atoms with Gasteiger partial charge in [0.1, 0.15) is 10.9 Å². The Labute approximate surface area is 200 Å². The van der Waals surface area contributed by atoms with Crippen LogP contribution in [0.1, 0.15) is 18.4 Å². The Morgan fingerprint density at radius 3 is 2.35 bits per heavy atom. The average molecular weight is 540 g/mol. The van der Waals surface area contributed by atoms with Crippen LogP contribution in [0.25, 0.3) is 0 Å². The molecule has 1 N–H and O–H groups in total. The molecule has 1 saturated heterocycles. The van der Waals surface area contributed by atoms with Gasteiger partial charge in [0.05, 0.1) is 15.5 Å². The second-order valence-electron chi connectivity index (χ2n) is 7.69. The first-order valence-corrected chi connectivity index (χ1v) is 13.1. The number of carbonyl (C=O) groups is 1. The van der Waals surface area contributed by atoms with Crippen molar-refractivity contribution in [3.8, 4) is 0 Å². The maximum atomic E-state index is 13.4. The molecule has 34 heavy (non-hydrogen) atoms. The molecule has 14 heteroatoms. The normalized spacial score (nSPS) is 17.8. The minimum absolute atomic E-state index is 0.0368. The van der Waals surface area contributed by atoms with Crippen LogP contribution >= 0.6 is 11.6 Å². The highest BCUT2D eigenvalue weighted by Crippen LogP contribution is 2.37. The van der Waals surface area contributed by atoms with Gasteiger partial charge >= 0.3 is 6.18 Å². The molecule has 0 radical (unpaired) electrons. The van der Waals surface area contributed by atoms with Gasteiger partial charge in [-0.1, -0.05) is 23.7 Å². The highest BCUT2D eigenvalue weighted by atomic mass is 35.5. The van der Waals surface area contributed by atoms with Gasteiger partial charge in [-0.2, -0.15) is 17.5 Å². The number of carbonyl (C=O) groups excluding carboxylic acids is 1. The van der Waals surface area contributed by atoms with Gasteiger partial charge in [0.15, 0.2) is 0 Å². The molecule has 8 nitrogen and oxygen atoms in total. The van der Waals surface area contributed by atoms with Crippen LogP contribution in [-0.2, 0) is 31.0 Å². The zero-order valence-electron chi connectivity index (χ0n) is 18.0. The van der Waals surface area contributed by atoms with Crippen LogP contribution in [0, 0.1) is 0 Å². The predicted octanol–water partition coefficient (Wildman–Crippen LogP) is 3.40. The van der Waals surface area contributed by atoms with E-state index >= 15 is 0 Å². The van der Waals surface area contributed by atoms with Crippen molar-refractivity contribution >= 4 is 43.2 Å². The zero-order chi connectivity index (χ0) is 25.5. The van der Waals surface area contributed by atoms with Gasteiger partial charge in [0.2, 0.25) is 26.0 Å². The van der Waals surface area contributed by atoms with E-state index in [0.717, 1.165) is 26.8 Å². The fourth-order valence-electron chi connectivity index (χ4n) is 3.54. The Hall–Kier alpha value is -2.19. The zero-order valence-corrected chi connectivity index (χ0v) is 20.4. The number of nitrogens with one attached hydrogen (secondary N) is 1. The van der Waals surface area contributed by atoms with Gasteiger partial charge in [-0.25, -0.2) is 21.1 Å². The number of benzene rings is 2. The topological polar surface area (TPSA) is 104 Å². The van der Waals surface area contributed by atoms with Crippen molar-refractivity contribution in [2.45, 2.75) is 34.9 Å². The molecule has 1 heterocycles. The Morgan fingerprint density at radius 2 is 1.74 bits per heavy atom. The van der Waals surface area contributed by atoms with Crippen LogP contribution in [0.5, 0.6) is 0 Å². The van der Waals surface area contributed by atoms with Gasteiger partial charge in [0.25, 0.3) is 0 Å². The van der Waals surface area contributed by atoms with E-state index in [0.29, 0.717) is 6.07 Å². The molecule has 0 aliphatic carbocycles. The number of hydrogen-bond donors (Lipinski definition) is 1. The van der Waals surface area contributed by atoms with E-state index in [1.165, 1.54) is 32.3 Å². The molecule has 0 bridgehead atoms. The van der Waals surface area contributed by atoms with Crippen molar-refractivity contribution in [2.24, 2.45) is 0 Å². The van der Waals surface area contributed by atoms with Crippen molar-refractivity contribution in [3.63, 3.8) is 0 Å². The molecule has 3 rings (SSSR count). The van der Waals surface area contributed by atoms with Crippen LogP contribution in [-0.4, -0.2) is 58.0 Å². The van der Waals surface area contributed by atoms with Crippen LogP contribution in [0.2, 0.25) is 5.02 Å². The number of amides is 1. The lowest BCUT2D eigenvalue weighted by molar-refractivity contribution is -0.139. The number of alkyl halides is 3. The first kappa shape index (κ1) is 26.4. The van der Waals surface area contributed by atoms with Crippen molar-refractivity contribution in [3.05, 3.63) is 53.1 Å². The van der Waals surface area contributed by atoms with E-state index in [2.05, 4.69) is 5.32 Å². The molecule has 2 aromatic carbocycles. The van der Waals surface area contributed by atoms with Crippen LogP contribution in [0.15, 0.2) is 52.3 Å². The third kappa shape index (κ3) is 5.08. The number of sulfonamides is 2. The summed E-state index contributed by atoms with van der Waals surface area (Å²) < 4.78 is 93.0. The van der Waals surface area contributed by atoms with Gasteiger partial charge < -0.3 is 5.32 Å². The lowest BCUT2D eigenvalue weighted by atomic mass is 10.2. The number of rotatable bonds is 6. The molecule has 1 amide bonds. The highest BCUT2D eigenvalue weighted by molar-refractivity contribution is 7.89. The monoisotopic (exact) mass is 539 g/mol. The number of hydrogen-bond acceptors (Lipinski definition) is 5. The Kier molecular flexibility index (Phi) is 7.35. The molecule has 1 fully saturated rings. The summed E-state index contributed by atoms with van der Waals surface area (Å²) in [5.41, 5.74) is -1.29. The van der Waals surface area contributed by atoms with Crippen molar-refractivity contribution in [1.29, 1.82) is 0 Å². The molecule has 186 valence electrons.